The molecular formula is C19H16N6O7. The first kappa shape index (κ1) is 22.0. The van der Waals surface area contributed by atoms with E-state index in [4.69, 9.17) is 4.52 Å². The fourth-order valence-electron chi connectivity index (χ4n) is 2.78. The van der Waals surface area contributed by atoms with Crippen molar-refractivity contribution in [2.24, 2.45) is 0 Å². The third kappa shape index (κ3) is 4.89. The summed E-state index contributed by atoms with van der Waals surface area (Å²) in [4.78, 5) is 48.9. The first-order valence-electron chi connectivity index (χ1n) is 9.17. The van der Waals surface area contributed by atoms with Crippen molar-refractivity contribution in [3.63, 3.8) is 0 Å². The number of non-ortho nitro benzene ring substituents is 1. The highest BCUT2D eigenvalue weighted by atomic mass is 16.6. The lowest BCUT2D eigenvalue weighted by atomic mass is 10.1. The summed E-state index contributed by atoms with van der Waals surface area (Å²) in [5.74, 6) is -1.56. The molecule has 0 aliphatic heterocycles. The van der Waals surface area contributed by atoms with E-state index in [0.29, 0.717) is 11.1 Å². The summed E-state index contributed by atoms with van der Waals surface area (Å²) in [6.45, 7) is 1.60. The third-order valence-corrected chi connectivity index (χ3v) is 4.38. The van der Waals surface area contributed by atoms with Gasteiger partial charge in [-0.25, -0.2) is 0 Å². The monoisotopic (exact) mass is 440 g/mol. The molecule has 0 aliphatic carbocycles. The van der Waals surface area contributed by atoms with Gasteiger partial charge in [-0.15, -0.1) is 0 Å². The van der Waals surface area contributed by atoms with Crippen molar-refractivity contribution < 1.29 is 24.0 Å². The molecule has 3 aromatic rings. The minimum atomic E-state index is -0.698. The molecule has 0 unspecified atom stereocenters. The van der Waals surface area contributed by atoms with Gasteiger partial charge in [0.25, 0.3) is 17.3 Å². The van der Waals surface area contributed by atoms with Gasteiger partial charge in [0.15, 0.2) is 0 Å². The summed E-state index contributed by atoms with van der Waals surface area (Å²) in [7, 11) is 0. The molecule has 0 aliphatic rings. The molecule has 2 amide bonds. The number of benzene rings is 2. The van der Waals surface area contributed by atoms with Gasteiger partial charge in [-0.1, -0.05) is 23.4 Å². The highest BCUT2D eigenvalue weighted by molar-refractivity contribution is 5.95. The minimum Gasteiger partial charge on any atom is -0.350 e. The lowest BCUT2D eigenvalue weighted by Crippen LogP contribution is -2.34. The summed E-state index contributed by atoms with van der Waals surface area (Å²) >= 11 is 0. The topological polar surface area (TPSA) is 183 Å². The molecule has 13 heteroatoms. The van der Waals surface area contributed by atoms with Crippen molar-refractivity contribution >= 4 is 23.2 Å². The average Bonchev–Trinajstić information content (AvgIpc) is 3.26. The van der Waals surface area contributed by atoms with Gasteiger partial charge in [-0.2, -0.15) is 4.98 Å². The SMILES string of the molecule is Cc1c(-c2noc(C(=O)NCCNC(=O)c3cccc([N+](=O)[O-])c3)n2)cccc1[N+](=O)[O-]. The predicted molar refractivity (Wildman–Crippen MR) is 109 cm³/mol. The van der Waals surface area contributed by atoms with Crippen LogP contribution in [0.2, 0.25) is 0 Å². The molecule has 0 spiro atoms. The normalized spacial score (nSPS) is 10.4. The molecule has 1 heterocycles. The van der Waals surface area contributed by atoms with E-state index < -0.39 is 21.7 Å². The zero-order valence-corrected chi connectivity index (χ0v) is 16.6. The van der Waals surface area contributed by atoms with Crippen LogP contribution in [0.1, 0.15) is 26.6 Å². The van der Waals surface area contributed by atoms with E-state index in [1.807, 2.05) is 0 Å². The number of rotatable bonds is 8. The molecule has 0 fully saturated rings. The first-order chi connectivity index (χ1) is 15.3. The number of nitrogens with one attached hydrogen (secondary N) is 2. The third-order valence-electron chi connectivity index (χ3n) is 4.38. The Kier molecular flexibility index (Phi) is 6.48. The molecule has 0 bridgehead atoms. The van der Waals surface area contributed by atoms with Crippen LogP contribution in [0.3, 0.4) is 0 Å². The number of aromatic nitrogens is 2. The summed E-state index contributed by atoms with van der Waals surface area (Å²) in [6.07, 6.45) is 0. The molecule has 1 aromatic heterocycles. The Balaban J connectivity index is 1.56. The second kappa shape index (κ2) is 9.42. The van der Waals surface area contributed by atoms with E-state index in [0.717, 1.165) is 6.07 Å². The zero-order valence-electron chi connectivity index (χ0n) is 16.6. The standard InChI is InChI=1S/C19H16N6O7/c1-11-14(6-3-7-15(11)25(30)31)16-22-19(32-23-16)18(27)21-9-8-20-17(26)12-4-2-5-13(10-12)24(28)29/h2-7,10H,8-9H2,1H3,(H,20,26)(H,21,27). The number of hydrogen-bond donors (Lipinski definition) is 2. The van der Waals surface area contributed by atoms with Crippen LogP contribution in [0.4, 0.5) is 11.4 Å². The Labute approximate surface area is 179 Å². The molecule has 13 nitrogen and oxygen atoms in total. The maximum absolute atomic E-state index is 12.2. The number of amides is 2. The van der Waals surface area contributed by atoms with E-state index >= 15 is 0 Å². The van der Waals surface area contributed by atoms with Gasteiger partial charge < -0.3 is 15.2 Å². The molecule has 0 radical (unpaired) electrons. The highest BCUT2D eigenvalue weighted by Crippen LogP contribution is 2.27. The lowest BCUT2D eigenvalue weighted by molar-refractivity contribution is -0.385. The number of nitro groups is 2. The van der Waals surface area contributed by atoms with Crippen molar-refractivity contribution in [3.8, 4) is 11.4 Å². The molecule has 2 N–H and O–H groups in total. The van der Waals surface area contributed by atoms with Gasteiger partial charge >= 0.3 is 11.8 Å². The van der Waals surface area contributed by atoms with Gasteiger partial charge in [0.1, 0.15) is 0 Å². The fraction of sp³-hybridized carbons (Fsp3) is 0.158. The van der Waals surface area contributed by atoms with Crippen LogP contribution in [-0.2, 0) is 0 Å². The van der Waals surface area contributed by atoms with Crippen molar-refractivity contribution in [1.82, 2.24) is 20.8 Å². The Morgan fingerprint density at radius 3 is 2.38 bits per heavy atom. The molecule has 0 atom stereocenters. The lowest BCUT2D eigenvalue weighted by Gasteiger charge is -2.05. The van der Waals surface area contributed by atoms with Crippen LogP contribution in [0.15, 0.2) is 47.0 Å². The Morgan fingerprint density at radius 2 is 1.69 bits per heavy atom. The van der Waals surface area contributed by atoms with E-state index in [-0.39, 0.29) is 41.7 Å². The largest absolute Gasteiger partial charge is 0.350 e. The molecule has 0 saturated heterocycles. The Bertz CT molecular complexity index is 1210. The average molecular weight is 440 g/mol. The summed E-state index contributed by atoms with van der Waals surface area (Å²) < 4.78 is 4.93. The molecule has 2 aromatic carbocycles. The van der Waals surface area contributed by atoms with Crippen molar-refractivity contribution in [2.75, 3.05) is 13.1 Å². The van der Waals surface area contributed by atoms with E-state index in [1.165, 1.54) is 37.3 Å². The van der Waals surface area contributed by atoms with Gasteiger partial charge in [-0.3, -0.25) is 29.8 Å². The molecule has 164 valence electrons. The fourth-order valence-corrected chi connectivity index (χ4v) is 2.78. The maximum atomic E-state index is 12.2. The Morgan fingerprint density at radius 1 is 1.00 bits per heavy atom. The smallest absolute Gasteiger partial charge is 0.316 e. The van der Waals surface area contributed by atoms with E-state index in [1.54, 1.807) is 6.07 Å². The van der Waals surface area contributed by atoms with Crippen LogP contribution < -0.4 is 10.6 Å². The van der Waals surface area contributed by atoms with Crippen LogP contribution in [0.5, 0.6) is 0 Å². The summed E-state index contributed by atoms with van der Waals surface area (Å²) in [5.41, 5.74) is 0.467. The second-order valence-electron chi connectivity index (χ2n) is 6.45. The Hall–Kier alpha value is -4.68. The van der Waals surface area contributed by atoms with Crippen molar-refractivity contribution in [1.29, 1.82) is 0 Å². The number of carbonyl (C=O) groups is 2. The molecule has 32 heavy (non-hydrogen) atoms. The van der Waals surface area contributed by atoms with Gasteiger partial charge in [0, 0.05) is 48.0 Å². The number of carbonyl (C=O) groups excluding carboxylic acids is 2. The predicted octanol–water partition coefficient (Wildman–Crippen LogP) is 2.02. The zero-order chi connectivity index (χ0) is 23.3. The summed E-state index contributed by atoms with van der Waals surface area (Å²) in [5, 5.41) is 30.5. The quantitative estimate of drug-likeness (QED) is 0.300. The number of hydrogen-bond acceptors (Lipinski definition) is 9. The van der Waals surface area contributed by atoms with Crippen LogP contribution in [-0.4, -0.2) is 44.9 Å². The molecule has 3 rings (SSSR count). The van der Waals surface area contributed by atoms with Crippen LogP contribution in [0, 0.1) is 27.2 Å². The van der Waals surface area contributed by atoms with Crippen LogP contribution in [0.25, 0.3) is 11.4 Å². The maximum Gasteiger partial charge on any atom is 0.316 e. The van der Waals surface area contributed by atoms with E-state index in [2.05, 4.69) is 20.8 Å². The molecule has 0 saturated carbocycles. The van der Waals surface area contributed by atoms with Crippen molar-refractivity contribution in [3.05, 3.63) is 79.7 Å². The summed E-state index contributed by atoms with van der Waals surface area (Å²) in [6, 6.07) is 9.61. The van der Waals surface area contributed by atoms with E-state index in [9.17, 15) is 29.8 Å². The van der Waals surface area contributed by atoms with Gasteiger partial charge in [-0.05, 0) is 13.0 Å². The van der Waals surface area contributed by atoms with Gasteiger partial charge in [0.2, 0.25) is 5.82 Å². The second-order valence-corrected chi connectivity index (χ2v) is 6.45. The highest BCUT2D eigenvalue weighted by Gasteiger charge is 2.20. The molecular weight excluding hydrogens is 424 g/mol. The number of nitrogens with zero attached hydrogens (tertiary/aromatic N) is 4. The van der Waals surface area contributed by atoms with Crippen molar-refractivity contribution in [2.45, 2.75) is 6.92 Å². The number of nitro benzene ring substituents is 2. The van der Waals surface area contributed by atoms with Crippen LogP contribution >= 0.6 is 0 Å². The van der Waals surface area contributed by atoms with Gasteiger partial charge in [0.05, 0.1) is 9.85 Å². The minimum absolute atomic E-state index is 0.0209. The first-order valence-corrected chi connectivity index (χ1v) is 9.17.